The predicted octanol–water partition coefficient (Wildman–Crippen LogP) is 1.34. The van der Waals surface area contributed by atoms with Crippen LogP contribution in [-0.2, 0) is 16.0 Å². The second kappa shape index (κ2) is 8.85. The molecule has 0 amide bonds. The summed E-state index contributed by atoms with van der Waals surface area (Å²) in [7, 11) is 3.43. The number of rotatable bonds is 9. The Balaban J connectivity index is 2.74. The fourth-order valence-electron chi connectivity index (χ4n) is 1.91. The second-order valence-electron chi connectivity index (χ2n) is 4.44. The highest BCUT2D eigenvalue weighted by Gasteiger charge is 2.09. The highest BCUT2D eigenvalue weighted by molar-refractivity contribution is 5.41. The van der Waals surface area contributed by atoms with Crippen molar-refractivity contribution in [1.82, 2.24) is 4.98 Å². The SMILES string of the molecule is COCCCN(CCOC)c1ccc(CN)c(C)n1. The summed E-state index contributed by atoms with van der Waals surface area (Å²) >= 11 is 0. The quantitative estimate of drug-likeness (QED) is 0.684. The van der Waals surface area contributed by atoms with Crippen LogP contribution in [0.1, 0.15) is 17.7 Å². The first-order chi connectivity index (χ1) is 9.22. The van der Waals surface area contributed by atoms with Gasteiger partial charge in [0.15, 0.2) is 0 Å². The normalized spacial score (nSPS) is 10.7. The van der Waals surface area contributed by atoms with Gasteiger partial charge in [-0.25, -0.2) is 4.98 Å². The summed E-state index contributed by atoms with van der Waals surface area (Å²) in [5, 5.41) is 0. The van der Waals surface area contributed by atoms with E-state index in [0.717, 1.165) is 43.2 Å². The van der Waals surface area contributed by atoms with Crippen molar-refractivity contribution in [3.8, 4) is 0 Å². The van der Waals surface area contributed by atoms with Crippen molar-refractivity contribution in [3.05, 3.63) is 23.4 Å². The largest absolute Gasteiger partial charge is 0.385 e. The number of methoxy groups -OCH3 is 2. The van der Waals surface area contributed by atoms with E-state index in [1.54, 1.807) is 14.2 Å². The molecule has 5 heteroatoms. The Kier molecular flexibility index (Phi) is 7.40. The fourth-order valence-corrected chi connectivity index (χ4v) is 1.91. The van der Waals surface area contributed by atoms with Gasteiger partial charge >= 0.3 is 0 Å². The number of pyridine rings is 1. The summed E-state index contributed by atoms with van der Waals surface area (Å²) in [6.45, 7) is 5.70. The van der Waals surface area contributed by atoms with Gasteiger partial charge in [0, 0.05) is 46.2 Å². The number of nitrogens with zero attached hydrogens (tertiary/aromatic N) is 2. The first-order valence-corrected chi connectivity index (χ1v) is 6.62. The molecule has 0 fully saturated rings. The molecule has 0 aromatic carbocycles. The zero-order valence-electron chi connectivity index (χ0n) is 12.2. The van der Waals surface area contributed by atoms with Crippen molar-refractivity contribution in [2.45, 2.75) is 19.9 Å². The Hall–Kier alpha value is -1.17. The van der Waals surface area contributed by atoms with E-state index in [1.807, 2.05) is 19.1 Å². The van der Waals surface area contributed by atoms with Gasteiger partial charge in [0.2, 0.25) is 0 Å². The minimum Gasteiger partial charge on any atom is -0.385 e. The predicted molar refractivity (Wildman–Crippen MR) is 77.4 cm³/mol. The third-order valence-electron chi connectivity index (χ3n) is 3.07. The summed E-state index contributed by atoms with van der Waals surface area (Å²) in [6.07, 6.45) is 0.972. The number of hydrogen-bond acceptors (Lipinski definition) is 5. The summed E-state index contributed by atoms with van der Waals surface area (Å²) in [6, 6.07) is 4.07. The first kappa shape index (κ1) is 15.9. The van der Waals surface area contributed by atoms with Gasteiger partial charge in [-0.1, -0.05) is 6.07 Å². The number of anilines is 1. The lowest BCUT2D eigenvalue weighted by atomic mass is 10.2. The van der Waals surface area contributed by atoms with Crippen molar-refractivity contribution < 1.29 is 9.47 Å². The number of aromatic nitrogens is 1. The van der Waals surface area contributed by atoms with Crippen molar-refractivity contribution in [2.24, 2.45) is 5.73 Å². The van der Waals surface area contributed by atoms with Crippen LogP contribution >= 0.6 is 0 Å². The summed E-state index contributed by atoms with van der Waals surface area (Å²) < 4.78 is 10.3. The van der Waals surface area contributed by atoms with Gasteiger partial charge < -0.3 is 20.1 Å². The fraction of sp³-hybridized carbons (Fsp3) is 0.643. The van der Waals surface area contributed by atoms with Crippen LogP contribution in [0.2, 0.25) is 0 Å². The first-order valence-electron chi connectivity index (χ1n) is 6.62. The molecule has 0 aliphatic rings. The zero-order valence-corrected chi connectivity index (χ0v) is 12.2. The maximum absolute atomic E-state index is 5.67. The topological polar surface area (TPSA) is 60.6 Å². The van der Waals surface area contributed by atoms with Crippen LogP contribution in [0, 0.1) is 6.92 Å². The number of ether oxygens (including phenoxy) is 2. The lowest BCUT2D eigenvalue weighted by molar-refractivity contribution is 0.191. The average Bonchev–Trinajstić information content (AvgIpc) is 2.42. The molecule has 0 spiro atoms. The molecular formula is C14H25N3O2. The maximum atomic E-state index is 5.67. The van der Waals surface area contributed by atoms with Crippen LogP contribution < -0.4 is 10.6 Å². The van der Waals surface area contributed by atoms with Gasteiger partial charge in [-0.05, 0) is 25.0 Å². The highest BCUT2D eigenvalue weighted by Crippen LogP contribution is 2.15. The lowest BCUT2D eigenvalue weighted by Gasteiger charge is -2.24. The number of aryl methyl sites for hydroxylation is 1. The van der Waals surface area contributed by atoms with Crippen LogP contribution in [-0.4, -0.2) is 45.5 Å². The molecule has 0 atom stereocenters. The van der Waals surface area contributed by atoms with E-state index in [1.165, 1.54) is 0 Å². The van der Waals surface area contributed by atoms with Crippen LogP contribution in [0.5, 0.6) is 0 Å². The molecule has 1 aromatic heterocycles. The van der Waals surface area contributed by atoms with E-state index in [0.29, 0.717) is 13.2 Å². The zero-order chi connectivity index (χ0) is 14.1. The van der Waals surface area contributed by atoms with Crippen molar-refractivity contribution in [2.75, 3.05) is 45.4 Å². The molecule has 1 rings (SSSR count). The molecule has 0 saturated carbocycles. The van der Waals surface area contributed by atoms with Gasteiger partial charge in [0.05, 0.1) is 6.61 Å². The Morgan fingerprint density at radius 1 is 1.16 bits per heavy atom. The smallest absolute Gasteiger partial charge is 0.128 e. The van der Waals surface area contributed by atoms with E-state index >= 15 is 0 Å². The van der Waals surface area contributed by atoms with Crippen LogP contribution in [0.15, 0.2) is 12.1 Å². The van der Waals surface area contributed by atoms with Gasteiger partial charge in [0.1, 0.15) is 5.82 Å². The minimum atomic E-state index is 0.529. The van der Waals surface area contributed by atoms with Crippen LogP contribution in [0.3, 0.4) is 0 Å². The van der Waals surface area contributed by atoms with Gasteiger partial charge in [0.25, 0.3) is 0 Å². The average molecular weight is 267 g/mol. The number of hydrogen-bond donors (Lipinski definition) is 1. The van der Waals surface area contributed by atoms with Crippen LogP contribution in [0.4, 0.5) is 5.82 Å². The molecular weight excluding hydrogens is 242 g/mol. The molecule has 0 bridgehead atoms. The van der Waals surface area contributed by atoms with Crippen LogP contribution in [0.25, 0.3) is 0 Å². The Bertz CT molecular complexity index is 372. The Morgan fingerprint density at radius 2 is 1.89 bits per heavy atom. The monoisotopic (exact) mass is 267 g/mol. The van der Waals surface area contributed by atoms with Crippen molar-refractivity contribution in [3.63, 3.8) is 0 Å². The molecule has 108 valence electrons. The summed E-state index contributed by atoms with van der Waals surface area (Å²) in [5.41, 5.74) is 7.75. The van der Waals surface area contributed by atoms with Crippen molar-refractivity contribution in [1.29, 1.82) is 0 Å². The van der Waals surface area contributed by atoms with Crippen molar-refractivity contribution >= 4 is 5.82 Å². The van der Waals surface area contributed by atoms with Gasteiger partial charge in [-0.3, -0.25) is 0 Å². The molecule has 0 unspecified atom stereocenters. The third kappa shape index (κ3) is 5.14. The molecule has 1 heterocycles. The van der Waals surface area contributed by atoms with E-state index in [-0.39, 0.29) is 0 Å². The van der Waals surface area contributed by atoms with Gasteiger partial charge in [-0.15, -0.1) is 0 Å². The Labute approximate surface area is 115 Å². The van der Waals surface area contributed by atoms with E-state index in [2.05, 4.69) is 9.88 Å². The molecule has 0 saturated heterocycles. The lowest BCUT2D eigenvalue weighted by Crippen LogP contribution is -2.30. The molecule has 19 heavy (non-hydrogen) atoms. The standard InChI is InChI=1S/C14H25N3O2/c1-12-13(11-15)5-6-14(16-12)17(8-10-19-3)7-4-9-18-2/h5-6H,4,7-11,15H2,1-3H3. The molecule has 5 nitrogen and oxygen atoms in total. The molecule has 2 N–H and O–H groups in total. The summed E-state index contributed by atoms with van der Waals surface area (Å²) in [4.78, 5) is 6.84. The van der Waals surface area contributed by atoms with E-state index < -0.39 is 0 Å². The van der Waals surface area contributed by atoms with Gasteiger partial charge in [-0.2, -0.15) is 0 Å². The molecule has 0 aliphatic heterocycles. The molecule has 1 aromatic rings. The van der Waals surface area contributed by atoms with E-state index in [4.69, 9.17) is 15.2 Å². The highest BCUT2D eigenvalue weighted by atomic mass is 16.5. The molecule has 0 radical (unpaired) electrons. The summed E-state index contributed by atoms with van der Waals surface area (Å²) in [5.74, 6) is 0.975. The maximum Gasteiger partial charge on any atom is 0.128 e. The molecule has 0 aliphatic carbocycles. The number of nitrogens with two attached hydrogens (primary N) is 1. The van der Waals surface area contributed by atoms with E-state index in [9.17, 15) is 0 Å². The third-order valence-corrected chi connectivity index (χ3v) is 3.07. The second-order valence-corrected chi connectivity index (χ2v) is 4.44. The minimum absolute atomic E-state index is 0.529. The Morgan fingerprint density at radius 3 is 2.47 bits per heavy atom.